The van der Waals surface area contributed by atoms with Gasteiger partial charge in [0, 0.05) is 10.7 Å². The average Bonchev–Trinajstić information content (AvgIpc) is 2.49. The number of carbonyl (C=O) groups is 1. The molecule has 3 nitrogen and oxygen atoms in total. The number of benzene rings is 1. The van der Waals surface area contributed by atoms with Crippen molar-refractivity contribution in [3.63, 3.8) is 0 Å². The van der Waals surface area contributed by atoms with E-state index in [9.17, 15) is 4.79 Å². The maximum atomic E-state index is 12.3. The number of carbonyl (C=O) groups excluding carboxylic acids is 1. The number of halogens is 1. The smallest absolute Gasteiger partial charge is 0.232 e. The number of amides is 1. The lowest BCUT2D eigenvalue weighted by Gasteiger charge is -2.13. The minimum Gasteiger partial charge on any atom is -0.310 e. The lowest BCUT2D eigenvalue weighted by Crippen LogP contribution is -2.19. The minimum atomic E-state index is -0.210. The molecule has 1 atom stereocenters. The normalized spacial score (nSPS) is 12.2. The standard InChI is InChI=1S/C18H21BrN2O/c1-12(2)10-14-4-6-15(7-5-14)13(3)18(22)21-17-9-8-16(19)11-20-17/h4-9,11-13H,10H2,1-3H3,(H,20,21,22). The summed E-state index contributed by atoms with van der Waals surface area (Å²) in [7, 11) is 0. The van der Waals surface area contributed by atoms with Gasteiger partial charge in [0.1, 0.15) is 5.82 Å². The van der Waals surface area contributed by atoms with E-state index in [2.05, 4.69) is 52.2 Å². The number of pyridine rings is 1. The predicted octanol–water partition coefficient (Wildman–Crippen LogP) is 4.78. The molecule has 2 aromatic rings. The molecule has 1 unspecified atom stereocenters. The van der Waals surface area contributed by atoms with Gasteiger partial charge in [-0.05, 0) is 58.5 Å². The molecule has 0 radical (unpaired) electrons. The van der Waals surface area contributed by atoms with Crippen molar-refractivity contribution < 1.29 is 4.79 Å². The maximum Gasteiger partial charge on any atom is 0.232 e. The van der Waals surface area contributed by atoms with Crippen molar-refractivity contribution in [3.8, 4) is 0 Å². The Morgan fingerprint density at radius 2 is 1.82 bits per heavy atom. The first-order valence-electron chi connectivity index (χ1n) is 7.47. The SMILES string of the molecule is CC(C)Cc1ccc(C(C)C(=O)Nc2ccc(Br)cn2)cc1. The van der Waals surface area contributed by atoms with Crippen LogP contribution in [-0.2, 0) is 11.2 Å². The molecule has 0 saturated carbocycles. The molecule has 0 fully saturated rings. The van der Waals surface area contributed by atoms with Crippen LogP contribution in [0.4, 0.5) is 5.82 Å². The second-order valence-corrected chi connectivity index (χ2v) is 6.83. The molecule has 0 saturated heterocycles. The van der Waals surface area contributed by atoms with Crippen LogP contribution in [0.5, 0.6) is 0 Å². The Morgan fingerprint density at radius 1 is 1.14 bits per heavy atom. The van der Waals surface area contributed by atoms with Crippen LogP contribution in [0.25, 0.3) is 0 Å². The van der Waals surface area contributed by atoms with Gasteiger partial charge in [0.2, 0.25) is 5.91 Å². The van der Waals surface area contributed by atoms with E-state index < -0.39 is 0 Å². The quantitative estimate of drug-likeness (QED) is 0.832. The van der Waals surface area contributed by atoms with Crippen molar-refractivity contribution >= 4 is 27.7 Å². The van der Waals surface area contributed by atoms with Gasteiger partial charge in [0.25, 0.3) is 0 Å². The van der Waals surface area contributed by atoms with E-state index in [0.29, 0.717) is 11.7 Å². The van der Waals surface area contributed by atoms with E-state index in [4.69, 9.17) is 0 Å². The van der Waals surface area contributed by atoms with E-state index in [1.807, 2.05) is 25.1 Å². The largest absolute Gasteiger partial charge is 0.310 e. The van der Waals surface area contributed by atoms with Crippen LogP contribution in [0.15, 0.2) is 47.1 Å². The minimum absolute atomic E-state index is 0.0496. The third-order valence-electron chi connectivity index (χ3n) is 3.50. The lowest BCUT2D eigenvalue weighted by molar-refractivity contribution is -0.117. The summed E-state index contributed by atoms with van der Waals surface area (Å²) in [5.41, 5.74) is 2.32. The van der Waals surface area contributed by atoms with E-state index in [1.54, 1.807) is 12.3 Å². The Bertz CT molecular complexity index is 621. The first-order chi connectivity index (χ1) is 10.5. The number of hydrogen-bond acceptors (Lipinski definition) is 2. The highest BCUT2D eigenvalue weighted by Gasteiger charge is 2.15. The molecule has 0 aliphatic heterocycles. The van der Waals surface area contributed by atoms with Gasteiger partial charge >= 0.3 is 0 Å². The first-order valence-corrected chi connectivity index (χ1v) is 8.26. The van der Waals surface area contributed by atoms with Gasteiger partial charge < -0.3 is 5.32 Å². The summed E-state index contributed by atoms with van der Waals surface area (Å²) >= 11 is 3.33. The maximum absolute atomic E-state index is 12.3. The van der Waals surface area contributed by atoms with Crippen molar-refractivity contribution in [2.45, 2.75) is 33.1 Å². The molecule has 1 amide bonds. The number of hydrogen-bond donors (Lipinski definition) is 1. The lowest BCUT2D eigenvalue weighted by atomic mass is 9.96. The molecule has 1 aromatic carbocycles. The van der Waals surface area contributed by atoms with Crippen molar-refractivity contribution in [3.05, 3.63) is 58.2 Å². The van der Waals surface area contributed by atoms with Gasteiger partial charge in [0.05, 0.1) is 5.92 Å². The molecule has 1 N–H and O–H groups in total. The highest BCUT2D eigenvalue weighted by molar-refractivity contribution is 9.10. The topological polar surface area (TPSA) is 42.0 Å². The van der Waals surface area contributed by atoms with Crippen molar-refractivity contribution in [1.82, 2.24) is 4.98 Å². The van der Waals surface area contributed by atoms with Crippen LogP contribution in [0.3, 0.4) is 0 Å². The molecule has 2 rings (SSSR count). The van der Waals surface area contributed by atoms with E-state index >= 15 is 0 Å². The van der Waals surface area contributed by atoms with Gasteiger partial charge in [-0.25, -0.2) is 4.98 Å². The fourth-order valence-corrected chi connectivity index (χ4v) is 2.48. The van der Waals surface area contributed by atoms with Crippen LogP contribution >= 0.6 is 15.9 Å². The zero-order valence-electron chi connectivity index (χ0n) is 13.1. The Balaban J connectivity index is 2.02. The van der Waals surface area contributed by atoms with Crippen LogP contribution < -0.4 is 5.32 Å². The third kappa shape index (κ3) is 4.67. The van der Waals surface area contributed by atoms with Gasteiger partial charge in [-0.15, -0.1) is 0 Å². The summed E-state index contributed by atoms with van der Waals surface area (Å²) in [5, 5.41) is 2.84. The summed E-state index contributed by atoms with van der Waals surface area (Å²) in [4.78, 5) is 16.5. The molecular weight excluding hydrogens is 340 g/mol. The zero-order chi connectivity index (χ0) is 16.1. The number of aromatic nitrogens is 1. The van der Waals surface area contributed by atoms with Crippen LogP contribution in [0.1, 0.15) is 37.8 Å². The number of rotatable bonds is 5. The summed E-state index contributed by atoms with van der Waals surface area (Å²) in [6.07, 6.45) is 2.73. The molecule has 22 heavy (non-hydrogen) atoms. The van der Waals surface area contributed by atoms with Gasteiger partial charge in [-0.3, -0.25) is 4.79 Å². The number of nitrogens with zero attached hydrogens (tertiary/aromatic N) is 1. The fourth-order valence-electron chi connectivity index (χ4n) is 2.25. The molecule has 1 aromatic heterocycles. The average molecular weight is 361 g/mol. The van der Waals surface area contributed by atoms with Gasteiger partial charge in [-0.2, -0.15) is 0 Å². The monoisotopic (exact) mass is 360 g/mol. The molecule has 0 bridgehead atoms. The summed E-state index contributed by atoms with van der Waals surface area (Å²) in [5.74, 6) is 0.941. The van der Waals surface area contributed by atoms with Gasteiger partial charge in [-0.1, -0.05) is 38.1 Å². The summed E-state index contributed by atoms with van der Waals surface area (Å²) < 4.78 is 0.888. The second kappa shape index (κ2) is 7.54. The van der Waals surface area contributed by atoms with E-state index in [0.717, 1.165) is 16.5 Å². The Labute approximate surface area is 140 Å². The summed E-state index contributed by atoms with van der Waals surface area (Å²) in [6, 6.07) is 11.9. The van der Waals surface area contributed by atoms with Crippen LogP contribution in [0.2, 0.25) is 0 Å². The molecule has 0 aliphatic rings. The molecule has 116 valence electrons. The molecular formula is C18H21BrN2O. The van der Waals surface area contributed by atoms with Crippen LogP contribution in [-0.4, -0.2) is 10.9 Å². The van der Waals surface area contributed by atoms with Crippen molar-refractivity contribution in [2.24, 2.45) is 5.92 Å². The molecule has 0 spiro atoms. The van der Waals surface area contributed by atoms with Gasteiger partial charge in [0.15, 0.2) is 0 Å². The van der Waals surface area contributed by atoms with E-state index in [1.165, 1.54) is 5.56 Å². The van der Waals surface area contributed by atoms with E-state index in [-0.39, 0.29) is 11.8 Å². The Morgan fingerprint density at radius 3 is 2.36 bits per heavy atom. The van der Waals surface area contributed by atoms with Crippen molar-refractivity contribution in [2.75, 3.05) is 5.32 Å². The fraction of sp³-hybridized carbons (Fsp3) is 0.333. The predicted molar refractivity (Wildman–Crippen MR) is 94.0 cm³/mol. The number of nitrogens with one attached hydrogen (secondary N) is 1. The molecule has 0 aliphatic carbocycles. The third-order valence-corrected chi connectivity index (χ3v) is 3.96. The first kappa shape index (κ1) is 16.7. The highest BCUT2D eigenvalue weighted by atomic mass is 79.9. The van der Waals surface area contributed by atoms with Crippen LogP contribution in [0, 0.1) is 5.92 Å². The second-order valence-electron chi connectivity index (χ2n) is 5.91. The van der Waals surface area contributed by atoms with Crippen molar-refractivity contribution in [1.29, 1.82) is 0 Å². The Kier molecular flexibility index (Phi) is 5.72. The number of anilines is 1. The molecule has 1 heterocycles. The Hall–Kier alpha value is -1.68. The zero-order valence-corrected chi connectivity index (χ0v) is 14.7. The molecule has 4 heteroatoms. The summed E-state index contributed by atoms with van der Waals surface area (Å²) in [6.45, 7) is 6.32. The highest BCUT2D eigenvalue weighted by Crippen LogP contribution is 2.19.